The third-order valence-electron chi connectivity index (χ3n) is 3.07. The highest BCUT2D eigenvalue weighted by Crippen LogP contribution is 2.28. The largest absolute Gasteiger partial charge is 0.456 e. The SMILES string of the molecule is CNC(c1ccccn1)c1cc2cccc(F)c2o1. The van der Waals surface area contributed by atoms with Gasteiger partial charge in [0.05, 0.1) is 5.69 Å². The Kier molecular flexibility index (Phi) is 3.01. The first-order chi connectivity index (χ1) is 9.29. The van der Waals surface area contributed by atoms with Crippen LogP contribution in [0.3, 0.4) is 0 Å². The summed E-state index contributed by atoms with van der Waals surface area (Å²) in [5.41, 5.74) is 1.12. The standard InChI is InChI=1S/C15H13FN2O/c1-17-14(12-7-2-3-8-18-12)13-9-10-5-4-6-11(16)15(10)19-13/h2-9,14,17H,1H3. The van der Waals surface area contributed by atoms with Crippen LogP contribution in [-0.2, 0) is 0 Å². The lowest BCUT2D eigenvalue weighted by Gasteiger charge is -2.12. The molecule has 1 aromatic carbocycles. The molecule has 3 rings (SSSR count). The smallest absolute Gasteiger partial charge is 0.169 e. The number of nitrogens with one attached hydrogen (secondary N) is 1. The van der Waals surface area contributed by atoms with Crippen LogP contribution in [0.15, 0.2) is 53.1 Å². The predicted octanol–water partition coefficient (Wildman–Crippen LogP) is 3.28. The lowest BCUT2D eigenvalue weighted by atomic mass is 10.1. The number of benzene rings is 1. The number of hydrogen-bond donors (Lipinski definition) is 1. The molecule has 1 N–H and O–H groups in total. The van der Waals surface area contributed by atoms with Crippen molar-refractivity contribution in [3.8, 4) is 0 Å². The first kappa shape index (κ1) is 11.9. The van der Waals surface area contributed by atoms with Gasteiger partial charge in [-0.1, -0.05) is 18.2 Å². The zero-order valence-electron chi connectivity index (χ0n) is 10.4. The summed E-state index contributed by atoms with van der Waals surface area (Å²) in [4.78, 5) is 4.30. The number of hydrogen-bond acceptors (Lipinski definition) is 3. The van der Waals surface area contributed by atoms with E-state index in [2.05, 4.69) is 10.3 Å². The van der Waals surface area contributed by atoms with E-state index in [1.807, 2.05) is 37.4 Å². The third-order valence-corrected chi connectivity index (χ3v) is 3.07. The van der Waals surface area contributed by atoms with Gasteiger partial charge in [0, 0.05) is 11.6 Å². The van der Waals surface area contributed by atoms with E-state index in [4.69, 9.17) is 4.42 Å². The van der Waals surface area contributed by atoms with Crippen molar-refractivity contribution in [2.24, 2.45) is 0 Å². The van der Waals surface area contributed by atoms with Gasteiger partial charge >= 0.3 is 0 Å². The summed E-state index contributed by atoms with van der Waals surface area (Å²) in [5, 5.41) is 3.89. The quantitative estimate of drug-likeness (QED) is 0.781. The lowest BCUT2D eigenvalue weighted by molar-refractivity contribution is 0.472. The molecule has 1 unspecified atom stereocenters. The minimum absolute atomic E-state index is 0.187. The molecule has 0 aliphatic rings. The average molecular weight is 256 g/mol. The average Bonchev–Trinajstić information content (AvgIpc) is 2.86. The molecule has 0 aliphatic carbocycles. The fourth-order valence-corrected chi connectivity index (χ4v) is 2.17. The van der Waals surface area contributed by atoms with Crippen LogP contribution >= 0.6 is 0 Å². The van der Waals surface area contributed by atoms with E-state index in [-0.39, 0.29) is 17.4 Å². The van der Waals surface area contributed by atoms with Crippen LogP contribution in [-0.4, -0.2) is 12.0 Å². The molecule has 19 heavy (non-hydrogen) atoms. The molecular weight excluding hydrogens is 243 g/mol. The Hall–Kier alpha value is -2.20. The predicted molar refractivity (Wildman–Crippen MR) is 71.3 cm³/mol. The molecule has 0 spiro atoms. The minimum Gasteiger partial charge on any atom is -0.456 e. The lowest BCUT2D eigenvalue weighted by Crippen LogP contribution is -2.18. The maximum absolute atomic E-state index is 13.6. The van der Waals surface area contributed by atoms with Crippen LogP contribution in [0.1, 0.15) is 17.5 Å². The number of nitrogens with zero attached hydrogens (tertiary/aromatic N) is 1. The van der Waals surface area contributed by atoms with E-state index in [0.29, 0.717) is 5.76 Å². The van der Waals surface area contributed by atoms with E-state index in [0.717, 1.165) is 11.1 Å². The highest BCUT2D eigenvalue weighted by molar-refractivity contribution is 5.78. The Morgan fingerprint density at radius 3 is 2.79 bits per heavy atom. The Morgan fingerprint density at radius 2 is 2.11 bits per heavy atom. The van der Waals surface area contributed by atoms with Crippen LogP contribution in [0.4, 0.5) is 4.39 Å². The van der Waals surface area contributed by atoms with Crippen molar-refractivity contribution in [2.45, 2.75) is 6.04 Å². The van der Waals surface area contributed by atoms with Crippen LogP contribution in [0, 0.1) is 5.82 Å². The van der Waals surface area contributed by atoms with Crippen LogP contribution in [0.2, 0.25) is 0 Å². The van der Waals surface area contributed by atoms with Gasteiger partial charge in [-0.15, -0.1) is 0 Å². The van der Waals surface area contributed by atoms with E-state index in [9.17, 15) is 4.39 Å². The monoisotopic (exact) mass is 256 g/mol. The fourth-order valence-electron chi connectivity index (χ4n) is 2.17. The number of para-hydroxylation sites is 1. The molecule has 2 heterocycles. The highest BCUT2D eigenvalue weighted by atomic mass is 19.1. The highest BCUT2D eigenvalue weighted by Gasteiger charge is 2.18. The van der Waals surface area contributed by atoms with Crippen molar-refractivity contribution in [3.05, 3.63) is 65.9 Å². The van der Waals surface area contributed by atoms with Crippen molar-refractivity contribution >= 4 is 11.0 Å². The second kappa shape index (κ2) is 4.82. The number of furan rings is 1. The maximum Gasteiger partial charge on any atom is 0.169 e. The van der Waals surface area contributed by atoms with Gasteiger partial charge in [0.1, 0.15) is 11.8 Å². The van der Waals surface area contributed by atoms with E-state index < -0.39 is 0 Å². The number of rotatable bonds is 3. The molecule has 4 heteroatoms. The van der Waals surface area contributed by atoms with Crippen molar-refractivity contribution in [1.82, 2.24) is 10.3 Å². The van der Waals surface area contributed by atoms with E-state index in [1.54, 1.807) is 12.3 Å². The van der Waals surface area contributed by atoms with Gasteiger partial charge < -0.3 is 9.73 Å². The van der Waals surface area contributed by atoms with Crippen molar-refractivity contribution in [2.75, 3.05) is 7.05 Å². The molecular formula is C15H13FN2O. The Morgan fingerprint density at radius 1 is 1.21 bits per heavy atom. The van der Waals surface area contributed by atoms with E-state index in [1.165, 1.54) is 6.07 Å². The molecule has 0 saturated heterocycles. The summed E-state index contributed by atoms with van der Waals surface area (Å²) in [5.74, 6) is 0.306. The first-order valence-electron chi connectivity index (χ1n) is 6.06. The van der Waals surface area contributed by atoms with Gasteiger partial charge in [0.25, 0.3) is 0 Å². The van der Waals surface area contributed by atoms with Gasteiger partial charge in [-0.25, -0.2) is 4.39 Å². The van der Waals surface area contributed by atoms with Crippen molar-refractivity contribution < 1.29 is 8.81 Å². The summed E-state index contributed by atoms with van der Waals surface area (Å²) < 4.78 is 19.3. The molecule has 0 saturated carbocycles. The second-order valence-electron chi connectivity index (χ2n) is 4.28. The first-order valence-corrected chi connectivity index (χ1v) is 6.06. The second-order valence-corrected chi connectivity index (χ2v) is 4.28. The Balaban J connectivity index is 2.09. The molecule has 3 nitrogen and oxygen atoms in total. The molecule has 0 amide bonds. The summed E-state index contributed by atoms with van der Waals surface area (Å²) in [6.45, 7) is 0. The Labute approximate surface area is 110 Å². The molecule has 3 aromatic rings. The van der Waals surface area contributed by atoms with Gasteiger partial charge in [-0.2, -0.15) is 0 Å². The van der Waals surface area contributed by atoms with Gasteiger partial charge in [-0.3, -0.25) is 4.98 Å². The maximum atomic E-state index is 13.6. The molecule has 2 aromatic heterocycles. The molecule has 1 atom stereocenters. The van der Waals surface area contributed by atoms with E-state index >= 15 is 0 Å². The molecule has 0 fully saturated rings. The zero-order valence-corrected chi connectivity index (χ0v) is 10.4. The van der Waals surface area contributed by atoms with Gasteiger partial charge in [0.15, 0.2) is 11.4 Å². The number of aromatic nitrogens is 1. The molecule has 0 aliphatic heterocycles. The third kappa shape index (κ3) is 2.11. The Bertz CT molecular complexity index is 694. The molecule has 0 radical (unpaired) electrons. The van der Waals surface area contributed by atoms with Crippen LogP contribution < -0.4 is 5.32 Å². The van der Waals surface area contributed by atoms with Crippen molar-refractivity contribution in [1.29, 1.82) is 0 Å². The molecule has 0 bridgehead atoms. The zero-order chi connectivity index (χ0) is 13.2. The number of halogens is 1. The molecule has 96 valence electrons. The number of pyridine rings is 1. The summed E-state index contributed by atoms with van der Waals surface area (Å²) in [7, 11) is 1.82. The summed E-state index contributed by atoms with van der Waals surface area (Å²) >= 11 is 0. The normalized spacial score (nSPS) is 12.7. The number of fused-ring (bicyclic) bond motifs is 1. The van der Waals surface area contributed by atoms with Crippen molar-refractivity contribution in [3.63, 3.8) is 0 Å². The van der Waals surface area contributed by atoms with Crippen LogP contribution in [0.25, 0.3) is 11.0 Å². The fraction of sp³-hybridized carbons (Fsp3) is 0.133. The van der Waals surface area contributed by atoms with Gasteiger partial charge in [-0.05, 0) is 31.3 Å². The summed E-state index contributed by atoms with van der Waals surface area (Å²) in [6.07, 6.45) is 1.73. The summed E-state index contributed by atoms with van der Waals surface area (Å²) in [6, 6.07) is 12.2. The van der Waals surface area contributed by atoms with Gasteiger partial charge in [0.2, 0.25) is 0 Å². The van der Waals surface area contributed by atoms with Crippen LogP contribution in [0.5, 0.6) is 0 Å². The minimum atomic E-state index is -0.348. The topological polar surface area (TPSA) is 38.1 Å².